The summed E-state index contributed by atoms with van der Waals surface area (Å²) in [6.45, 7) is 15.5. The van der Waals surface area contributed by atoms with E-state index in [0.29, 0.717) is 71.3 Å². The van der Waals surface area contributed by atoms with E-state index in [9.17, 15) is 9.59 Å². The molecular formula is C36H52FN5O6Si. The molecule has 0 aliphatic heterocycles. The number of carbonyl (C=O) groups excluding carboxylic acids is 2. The van der Waals surface area contributed by atoms with Gasteiger partial charge in [-0.25, -0.2) is 19.2 Å². The maximum atomic E-state index is 15.3. The van der Waals surface area contributed by atoms with E-state index >= 15 is 4.39 Å². The lowest BCUT2D eigenvalue weighted by molar-refractivity contribution is 0.0487. The summed E-state index contributed by atoms with van der Waals surface area (Å²) in [6, 6.07) is 3.83. The Kier molecular flexibility index (Phi) is 11.2. The highest BCUT2D eigenvalue weighted by Crippen LogP contribution is 2.40. The third-order valence-corrected chi connectivity index (χ3v) is 10.7. The molecule has 0 unspecified atom stereocenters. The zero-order valence-electron chi connectivity index (χ0n) is 30.2. The topological polar surface area (TPSA) is 126 Å². The molecule has 268 valence electrons. The predicted octanol–water partition coefficient (Wildman–Crippen LogP) is 7.22. The zero-order chi connectivity index (χ0) is 35.5. The number of aromatic nitrogens is 3. The van der Waals surface area contributed by atoms with Crippen LogP contribution < -0.4 is 20.1 Å². The molecule has 2 N–H and O–H groups in total. The monoisotopic (exact) mass is 697 g/mol. The van der Waals surface area contributed by atoms with Gasteiger partial charge in [-0.05, 0) is 84.2 Å². The van der Waals surface area contributed by atoms with Crippen LogP contribution in [0.25, 0.3) is 22.3 Å². The summed E-state index contributed by atoms with van der Waals surface area (Å²) in [5.74, 6) is 0.218. The lowest BCUT2D eigenvalue weighted by Crippen LogP contribution is -2.45. The van der Waals surface area contributed by atoms with Crippen LogP contribution >= 0.6 is 0 Å². The number of alkyl carbamates (subject to hydrolysis) is 1. The minimum absolute atomic E-state index is 0.0171. The minimum Gasteiger partial charge on any atom is -0.494 e. The van der Waals surface area contributed by atoms with Gasteiger partial charge in [0.2, 0.25) is 0 Å². The number of benzene rings is 1. The molecule has 0 radical (unpaired) electrons. The van der Waals surface area contributed by atoms with Crippen molar-refractivity contribution in [1.29, 1.82) is 0 Å². The van der Waals surface area contributed by atoms with E-state index < -0.39 is 25.6 Å². The number of nitrogens with zero attached hydrogens (tertiary/aromatic N) is 3. The average Bonchev–Trinajstić information content (AvgIpc) is 3.80. The molecule has 0 saturated heterocycles. The number of fused-ring (bicyclic) bond motifs is 1. The van der Waals surface area contributed by atoms with Gasteiger partial charge in [-0.1, -0.05) is 19.6 Å². The molecule has 1 aromatic carbocycles. The number of amides is 2. The Morgan fingerprint density at radius 1 is 1.00 bits per heavy atom. The average molecular weight is 698 g/mol. The molecule has 2 aliphatic carbocycles. The van der Waals surface area contributed by atoms with E-state index in [4.69, 9.17) is 18.9 Å². The largest absolute Gasteiger partial charge is 0.494 e. The second kappa shape index (κ2) is 15.0. The Bertz CT molecular complexity index is 1650. The Morgan fingerprint density at radius 2 is 1.67 bits per heavy atom. The molecule has 0 bridgehead atoms. The highest BCUT2D eigenvalue weighted by Gasteiger charge is 2.31. The van der Waals surface area contributed by atoms with Gasteiger partial charge in [0.25, 0.3) is 5.91 Å². The zero-order valence-corrected chi connectivity index (χ0v) is 31.2. The SMILES string of the molecule is COc1cc(OCC2CC2)c(-c2ncnc3c(C(=O)NC4CCC(NC(=O)OC(C)(C)C)CC4)c(C)n(COCC[Si](C)(C)C)c23)cc1F. The smallest absolute Gasteiger partial charge is 0.407 e. The van der Waals surface area contributed by atoms with Crippen molar-refractivity contribution < 1.29 is 32.9 Å². The second-order valence-corrected chi connectivity index (χ2v) is 21.2. The summed E-state index contributed by atoms with van der Waals surface area (Å²) >= 11 is 0. The van der Waals surface area contributed by atoms with Gasteiger partial charge in [0.1, 0.15) is 35.6 Å². The number of rotatable bonds is 13. The number of hydrogen-bond acceptors (Lipinski definition) is 8. The maximum absolute atomic E-state index is 15.3. The summed E-state index contributed by atoms with van der Waals surface area (Å²) in [4.78, 5) is 35.6. The van der Waals surface area contributed by atoms with E-state index in [1.54, 1.807) is 6.07 Å². The van der Waals surface area contributed by atoms with Gasteiger partial charge >= 0.3 is 6.09 Å². The van der Waals surface area contributed by atoms with Gasteiger partial charge in [0, 0.05) is 44.1 Å². The lowest BCUT2D eigenvalue weighted by Gasteiger charge is -2.30. The first kappa shape index (κ1) is 36.6. The standard InChI is InChI=1S/C36H52FN5O6Si/c1-22-30(34(43)40-24-11-13-25(14-12-24)41-35(44)48-36(2,3)4)32-33(42(22)21-46-15-16-49(6,7)8)31(38-20-39-32)26-17-27(37)29(45-5)18-28(26)47-19-23-9-10-23/h17-18,20,23-25H,9-16,19,21H2,1-8H3,(H,40,43)(H,41,44). The Labute approximate surface area is 289 Å². The Balaban J connectivity index is 1.45. The molecule has 11 nitrogen and oxygen atoms in total. The van der Waals surface area contributed by atoms with Crippen LogP contribution in [0.3, 0.4) is 0 Å². The Morgan fingerprint density at radius 3 is 2.29 bits per heavy atom. The van der Waals surface area contributed by atoms with Crippen molar-refractivity contribution in [2.45, 2.75) is 116 Å². The number of methoxy groups -OCH3 is 1. The van der Waals surface area contributed by atoms with Crippen molar-refractivity contribution >= 4 is 31.1 Å². The fourth-order valence-electron chi connectivity index (χ4n) is 6.06. The first-order chi connectivity index (χ1) is 23.1. The van der Waals surface area contributed by atoms with Crippen LogP contribution in [-0.4, -0.2) is 72.6 Å². The van der Waals surface area contributed by atoms with Crippen LogP contribution in [0, 0.1) is 18.7 Å². The molecule has 2 heterocycles. The third-order valence-electron chi connectivity index (χ3n) is 9.00. The minimum atomic E-state index is -1.35. The lowest BCUT2D eigenvalue weighted by atomic mass is 9.91. The van der Waals surface area contributed by atoms with Crippen LogP contribution in [0.15, 0.2) is 18.5 Å². The van der Waals surface area contributed by atoms with Gasteiger partial charge < -0.3 is 34.1 Å². The summed E-state index contributed by atoms with van der Waals surface area (Å²) in [6.07, 6.45) is 6.02. The number of ether oxygens (including phenoxy) is 4. The third kappa shape index (κ3) is 9.50. The molecule has 0 spiro atoms. The number of halogens is 1. The first-order valence-electron chi connectivity index (χ1n) is 17.4. The van der Waals surface area contributed by atoms with Gasteiger partial charge in [-0.3, -0.25) is 4.79 Å². The van der Waals surface area contributed by atoms with E-state index in [1.165, 1.54) is 19.5 Å². The van der Waals surface area contributed by atoms with Crippen LogP contribution in [0.4, 0.5) is 9.18 Å². The van der Waals surface area contributed by atoms with Gasteiger partial charge in [0.05, 0.1) is 24.8 Å². The molecule has 3 aromatic rings. The second-order valence-electron chi connectivity index (χ2n) is 15.6. The van der Waals surface area contributed by atoms with Crippen molar-refractivity contribution in [2.75, 3.05) is 20.3 Å². The molecule has 2 aromatic heterocycles. The first-order valence-corrected chi connectivity index (χ1v) is 21.1. The molecule has 2 amide bonds. The van der Waals surface area contributed by atoms with Crippen molar-refractivity contribution in [1.82, 2.24) is 25.2 Å². The van der Waals surface area contributed by atoms with Crippen molar-refractivity contribution in [2.24, 2.45) is 5.92 Å². The predicted molar refractivity (Wildman–Crippen MR) is 189 cm³/mol. The number of nitrogens with one attached hydrogen (secondary N) is 2. The quantitative estimate of drug-likeness (QED) is 0.142. The molecule has 2 saturated carbocycles. The van der Waals surface area contributed by atoms with Crippen LogP contribution in [0.5, 0.6) is 11.5 Å². The van der Waals surface area contributed by atoms with E-state index in [-0.39, 0.29) is 30.5 Å². The van der Waals surface area contributed by atoms with Crippen LogP contribution in [-0.2, 0) is 16.2 Å². The molecule has 13 heteroatoms. The Hall–Kier alpha value is -3.71. The molecule has 2 fully saturated rings. The molecule has 49 heavy (non-hydrogen) atoms. The number of hydrogen-bond donors (Lipinski definition) is 2. The van der Waals surface area contributed by atoms with Gasteiger partial charge in [-0.15, -0.1) is 0 Å². The van der Waals surface area contributed by atoms with Crippen LogP contribution in [0.1, 0.15) is 75.3 Å². The summed E-state index contributed by atoms with van der Waals surface area (Å²) in [7, 11) is 0.0749. The van der Waals surface area contributed by atoms with Crippen molar-refractivity contribution in [3.8, 4) is 22.8 Å². The highest BCUT2D eigenvalue weighted by atomic mass is 28.3. The fraction of sp³-hybridized carbons (Fsp3) is 0.611. The highest BCUT2D eigenvalue weighted by molar-refractivity contribution is 6.76. The van der Waals surface area contributed by atoms with Crippen molar-refractivity contribution in [3.05, 3.63) is 35.5 Å². The summed E-state index contributed by atoms with van der Waals surface area (Å²) < 4.78 is 40.3. The normalized spacial score (nSPS) is 18.3. The molecule has 5 rings (SSSR count). The van der Waals surface area contributed by atoms with Crippen LogP contribution in [0.2, 0.25) is 25.7 Å². The van der Waals surface area contributed by atoms with Gasteiger partial charge in [0.15, 0.2) is 11.6 Å². The summed E-state index contributed by atoms with van der Waals surface area (Å²) in [5.41, 5.74) is 2.47. The maximum Gasteiger partial charge on any atom is 0.407 e. The number of carbonyl (C=O) groups is 2. The van der Waals surface area contributed by atoms with E-state index in [0.717, 1.165) is 31.7 Å². The molecule has 0 atom stereocenters. The molecular weight excluding hydrogens is 646 g/mol. The summed E-state index contributed by atoms with van der Waals surface area (Å²) in [5, 5.41) is 6.18. The van der Waals surface area contributed by atoms with E-state index in [2.05, 4.69) is 40.2 Å². The van der Waals surface area contributed by atoms with Crippen molar-refractivity contribution in [3.63, 3.8) is 0 Å². The molecule has 2 aliphatic rings. The fourth-order valence-corrected chi connectivity index (χ4v) is 6.81. The van der Waals surface area contributed by atoms with Gasteiger partial charge in [-0.2, -0.15) is 0 Å². The van der Waals surface area contributed by atoms with E-state index in [1.807, 2.05) is 32.3 Å².